The monoisotopic (exact) mass is 400 g/mol. The van der Waals surface area contributed by atoms with Gasteiger partial charge in [-0.25, -0.2) is 9.48 Å². The maximum Gasteiger partial charge on any atom is 0.353 e. The van der Waals surface area contributed by atoms with E-state index in [1.54, 1.807) is 11.6 Å². The van der Waals surface area contributed by atoms with Crippen LogP contribution in [0.15, 0.2) is 15.8 Å². The van der Waals surface area contributed by atoms with Crippen LogP contribution in [-0.2, 0) is 16.1 Å². The van der Waals surface area contributed by atoms with E-state index in [1.165, 1.54) is 28.4 Å². The summed E-state index contributed by atoms with van der Waals surface area (Å²) >= 11 is 2.65. The minimum atomic E-state index is -1.14. The lowest BCUT2D eigenvalue weighted by Gasteiger charge is -2.43. The lowest BCUT2D eigenvalue weighted by Crippen LogP contribution is -2.60. The number of rotatable bonds is 8. The van der Waals surface area contributed by atoms with Crippen molar-refractivity contribution in [1.29, 1.82) is 0 Å². The number of hydrogen-bond acceptors (Lipinski definition) is 9. The largest absolute Gasteiger partial charge is 0.477 e. The molecule has 0 radical (unpaired) electrons. The van der Waals surface area contributed by atoms with Crippen LogP contribution in [0.25, 0.3) is 0 Å². The molecular formula is C14H20N6O4S2. The maximum absolute atomic E-state index is 12.2. The van der Waals surface area contributed by atoms with E-state index in [1.807, 2.05) is 19.0 Å². The van der Waals surface area contributed by atoms with Gasteiger partial charge in [0, 0.05) is 17.2 Å². The Bertz CT molecular complexity index is 750. The number of fused-ring (bicyclic) bond motifs is 1. The summed E-state index contributed by atoms with van der Waals surface area (Å²) in [4.78, 5) is 27.7. The fourth-order valence-corrected chi connectivity index (χ4v) is 5.43. The van der Waals surface area contributed by atoms with E-state index in [9.17, 15) is 19.8 Å². The summed E-state index contributed by atoms with van der Waals surface area (Å²) < 4.78 is 1.67. The number of aromatic nitrogens is 4. The van der Waals surface area contributed by atoms with Crippen molar-refractivity contribution in [3.63, 3.8) is 0 Å². The first-order chi connectivity index (χ1) is 12.3. The molecule has 3 atom stereocenters. The molecule has 26 heavy (non-hydrogen) atoms. The topological polar surface area (TPSA) is 125 Å². The van der Waals surface area contributed by atoms with Crippen molar-refractivity contribution in [2.75, 3.05) is 26.4 Å². The Morgan fingerprint density at radius 2 is 2.19 bits per heavy atom. The number of tetrazole rings is 1. The standard InChI is InChI=1S/C14H20N6O4S2/c1-7(21)9-11(22)20-10(13(23)24)8(26-12(9)20)6-25-14-15-16-17-19(14)5-4-18(2)3/h7,9,12,21H,4-6H2,1-3H3,(H,23,24)/t7?,9-,12+/m0/s1. The van der Waals surface area contributed by atoms with Gasteiger partial charge in [0.05, 0.1) is 18.6 Å². The van der Waals surface area contributed by atoms with Gasteiger partial charge in [0.15, 0.2) is 0 Å². The molecule has 12 heteroatoms. The van der Waals surface area contributed by atoms with Gasteiger partial charge in [-0.3, -0.25) is 9.69 Å². The molecule has 3 rings (SSSR count). The van der Waals surface area contributed by atoms with Crippen molar-refractivity contribution in [3.8, 4) is 0 Å². The molecule has 0 aliphatic carbocycles. The average Bonchev–Trinajstić information content (AvgIpc) is 3.12. The first-order valence-electron chi connectivity index (χ1n) is 7.99. The van der Waals surface area contributed by atoms with E-state index in [2.05, 4.69) is 15.5 Å². The normalized spacial score (nSPS) is 23.4. The highest BCUT2D eigenvalue weighted by molar-refractivity contribution is 8.06. The smallest absolute Gasteiger partial charge is 0.353 e. The van der Waals surface area contributed by atoms with Crippen LogP contribution < -0.4 is 0 Å². The number of carbonyl (C=O) groups is 2. The third-order valence-corrected chi connectivity index (χ3v) is 6.70. The van der Waals surface area contributed by atoms with Crippen LogP contribution in [-0.4, -0.2) is 90.0 Å². The van der Waals surface area contributed by atoms with Gasteiger partial charge in [-0.1, -0.05) is 11.8 Å². The summed E-state index contributed by atoms with van der Waals surface area (Å²) in [7, 11) is 3.91. The minimum Gasteiger partial charge on any atom is -0.477 e. The molecule has 0 spiro atoms. The third kappa shape index (κ3) is 3.46. The van der Waals surface area contributed by atoms with Crippen molar-refractivity contribution >= 4 is 35.4 Å². The number of hydrogen-bond donors (Lipinski definition) is 2. The van der Waals surface area contributed by atoms with E-state index in [0.29, 0.717) is 22.4 Å². The van der Waals surface area contributed by atoms with E-state index in [4.69, 9.17) is 0 Å². The summed E-state index contributed by atoms with van der Waals surface area (Å²) in [5.74, 6) is -1.70. The molecule has 1 aromatic rings. The van der Waals surface area contributed by atoms with E-state index in [-0.39, 0.29) is 17.0 Å². The molecule has 2 N–H and O–H groups in total. The number of carboxylic acid groups (broad SMARTS) is 1. The van der Waals surface area contributed by atoms with Crippen LogP contribution in [0, 0.1) is 5.92 Å². The van der Waals surface area contributed by atoms with Gasteiger partial charge in [0.2, 0.25) is 11.1 Å². The van der Waals surface area contributed by atoms with Crippen LogP contribution in [0.5, 0.6) is 0 Å². The van der Waals surface area contributed by atoms with Crippen molar-refractivity contribution in [3.05, 3.63) is 10.6 Å². The van der Waals surface area contributed by atoms with Crippen molar-refractivity contribution in [2.24, 2.45) is 5.92 Å². The first kappa shape index (κ1) is 19.1. The second-order valence-corrected chi connectivity index (χ2v) is 8.49. The molecule has 1 saturated heterocycles. The molecular weight excluding hydrogens is 380 g/mol. The number of nitrogens with zero attached hydrogens (tertiary/aromatic N) is 6. The molecule has 2 aliphatic heterocycles. The van der Waals surface area contributed by atoms with Crippen LogP contribution in [0.1, 0.15) is 6.92 Å². The molecule has 1 fully saturated rings. The molecule has 142 valence electrons. The van der Waals surface area contributed by atoms with Crippen LogP contribution in [0.4, 0.5) is 0 Å². The fourth-order valence-electron chi connectivity index (χ4n) is 2.82. The molecule has 0 bridgehead atoms. The van der Waals surface area contributed by atoms with E-state index in [0.717, 1.165) is 6.54 Å². The van der Waals surface area contributed by atoms with Gasteiger partial charge < -0.3 is 15.1 Å². The highest BCUT2D eigenvalue weighted by Gasteiger charge is 2.57. The maximum atomic E-state index is 12.2. The number of thioether (sulfide) groups is 2. The van der Waals surface area contributed by atoms with E-state index < -0.39 is 18.0 Å². The summed E-state index contributed by atoms with van der Waals surface area (Å²) in [6.07, 6.45) is -0.809. The predicted molar refractivity (Wildman–Crippen MR) is 95.2 cm³/mol. The molecule has 1 unspecified atom stereocenters. The highest BCUT2D eigenvalue weighted by atomic mass is 32.2. The Morgan fingerprint density at radius 3 is 2.81 bits per heavy atom. The number of aliphatic hydroxyl groups excluding tert-OH is 1. The third-order valence-electron chi connectivity index (χ3n) is 4.17. The average molecular weight is 400 g/mol. The minimum absolute atomic E-state index is 0.00159. The number of aliphatic hydroxyl groups is 1. The molecule has 10 nitrogen and oxygen atoms in total. The molecule has 1 amide bonds. The van der Waals surface area contributed by atoms with Gasteiger partial charge in [0.25, 0.3) is 0 Å². The second-order valence-electron chi connectivity index (χ2n) is 6.34. The fraction of sp³-hybridized carbons (Fsp3) is 0.643. The molecule has 1 aromatic heterocycles. The summed E-state index contributed by atoms with van der Waals surface area (Å²) in [5.41, 5.74) is 0.00159. The molecule has 0 aromatic carbocycles. The van der Waals surface area contributed by atoms with Crippen molar-refractivity contribution in [1.82, 2.24) is 30.0 Å². The van der Waals surface area contributed by atoms with Crippen LogP contribution in [0.3, 0.4) is 0 Å². The summed E-state index contributed by atoms with van der Waals surface area (Å²) in [6.45, 7) is 2.95. The molecule has 0 saturated carbocycles. The number of likely N-dealkylation sites (N-methyl/N-ethyl adjacent to an activating group) is 1. The predicted octanol–water partition coefficient (Wildman–Crippen LogP) is -0.465. The lowest BCUT2D eigenvalue weighted by molar-refractivity contribution is -0.156. The second kappa shape index (κ2) is 7.55. The Balaban J connectivity index is 1.71. The first-order valence-corrected chi connectivity index (χ1v) is 9.85. The van der Waals surface area contributed by atoms with Gasteiger partial charge in [-0.05, 0) is 31.4 Å². The van der Waals surface area contributed by atoms with E-state index >= 15 is 0 Å². The lowest BCUT2D eigenvalue weighted by atomic mass is 9.92. The van der Waals surface area contributed by atoms with Crippen molar-refractivity contribution in [2.45, 2.75) is 30.1 Å². The Labute approximate surface area is 158 Å². The summed E-state index contributed by atoms with van der Waals surface area (Å²) in [6, 6.07) is 0. The van der Waals surface area contributed by atoms with Crippen LogP contribution >= 0.6 is 23.5 Å². The Morgan fingerprint density at radius 1 is 1.46 bits per heavy atom. The van der Waals surface area contributed by atoms with Crippen LogP contribution in [0.2, 0.25) is 0 Å². The van der Waals surface area contributed by atoms with Gasteiger partial charge >= 0.3 is 5.97 Å². The van der Waals surface area contributed by atoms with Gasteiger partial charge in [0.1, 0.15) is 11.1 Å². The zero-order valence-corrected chi connectivity index (χ0v) is 16.2. The zero-order chi connectivity index (χ0) is 19.0. The number of β-lactam (4-membered cyclic amide) rings is 1. The van der Waals surface area contributed by atoms with Crippen molar-refractivity contribution < 1.29 is 19.8 Å². The molecule has 2 aliphatic rings. The van der Waals surface area contributed by atoms with Gasteiger partial charge in [-0.2, -0.15) is 0 Å². The molecule has 3 heterocycles. The SMILES string of the molecule is CC(O)[C@H]1C(=O)N2C(C(=O)O)=C(CSc3nnnn3CCN(C)C)S[C@H]12. The number of carboxylic acids is 1. The Kier molecular flexibility index (Phi) is 5.55. The van der Waals surface area contributed by atoms with Gasteiger partial charge in [-0.15, -0.1) is 16.9 Å². The number of aliphatic carboxylic acids is 1. The Hall–Kier alpha value is -1.63. The summed E-state index contributed by atoms with van der Waals surface area (Å²) in [5, 5.41) is 31.1. The highest BCUT2D eigenvalue weighted by Crippen LogP contribution is 2.51. The number of amides is 1. The zero-order valence-electron chi connectivity index (χ0n) is 14.6. The quantitative estimate of drug-likeness (QED) is 0.437. The number of carbonyl (C=O) groups excluding carboxylic acids is 1.